The molecular weight excluding hydrogens is 266 g/mol. The molecule has 0 radical (unpaired) electrons. The Bertz CT molecular complexity index is 441. The van der Waals surface area contributed by atoms with Crippen molar-refractivity contribution in [2.75, 3.05) is 19.0 Å². The van der Waals surface area contributed by atoms with Crippen LogP contribution in [0, 0.1) is 0 Å². The molecule has 1 aliphatic heterocycles. The largest absolute Gasteiger partial charge is 0.481 e. The van der Waals surface area contributed by atoms with Gasteiger partial charge in [-0.3, -0.25) is 4.79 Å². The Morgan fingerprint density at radius 2 is 2.37 bits per heavy atom. The van der Waals surface area contributed by atoms with Crippen LogP contribution in [0.1, 0.15) is 44.5 Å². The molecule has 0 amide bonds. The summed E-state index contributed by atoms with van der Waals surface area (Å²) in [7, 11) is 0. The summed E-state index contributed by atoms with van der Waals surface area (Å²) in [5.74, 6) is 0.350. The maximum absolute atomic E-state index is 10.7. The average Bonchev–Trinajstić information content (AvgIpc) is 2.81. The number of aromatic nitrogens is 3. The fourth-order valence-electron chi connectivity index (χ4n) is 2.22. The molecule has 1 aromatic rings. The van der Waals surface area contributed by atoms with Gasteiger partial charge in [-0.2, -0.15) is 0 Å². The van der Waals surface area contributed by atoms with Gasteiger partial charge in [-0.15, -0.1) is 10.2 Å². The van der Waals surface area contributed by atoms with Gasteiger partial charge in [0.05, 0.1) is 12.4 Å². The fourth-order valence-corrected chi connectivity index (χ4v) is 3.02. The zero-order valence-electron chi connectivity index (χ0n) is 11.2. The number of carbonyl (C=O) groups is 1. The van der Waals surface area contributed by atoms with E-state index in [0.717, 1.165) is 25.3 Å². The molecule has 2 heterocycles. The third kappa shape index (κ3) is 3.48. The number of nitrogens with zero attached hydrogens (tertiary/aromatic N) is 3. The van der Waals surface area contributed by atoms with E-state index >= 15 is 0 Å². The summed E-state index contributed by atoms with van der Waals surface area (Å²) in [6.07, 6.45) is 2.08. The van der Waals surface area contributed by atoms with Crippen LogP contribution in [0.3, 0.4) is 0 Å². The van der Waals surface area contributed by atoms with Gasteiger partial charge in [0.1, 0.15) is 5.82 Å². The maximum atomic E-state index is 10.7. The highest BCUT2D eigenvalue weighted by Crippen LogP contribution is 2.29. The van der Waals surface area contributed by atoms with Gasteiger partial charge in [0, 0.05) is 18.6 Å². The third-order valence-electron chi connectivity index (χ3n) is 3.06. The fraction of sp³-hybridized carbons (Fsp3) is 0.750. The van der Waals surface area contributed by atoms with Gasteiger partial charge in [0.2, 0.25) is 0 Å². The minimum atomic E-state index is -0.842. The van der Waals surface area contributed by atoms with Gasteiger partial charge in [0.25, 0.3) is 0 Å². The molecule has 0 bridgehead atoms. The number of hydrogen-bond acceptors (Lipinski definition) is 5. The number of aliphatic carboxylic acids is 1. The van der Waals surface area contributed by atoms with E-state index in [-0.39, 0.29) is 17.7 Å². The number of carboxylic acids is 1. The molecule has 1 fully saturated rings. The molecule has 106 valence electrons. The smallest absolute Gasteiger partial charge is 0.313 e. The summed E-state index contributed by atoms with van der Waals surface area (Å²) in [4.78, 5) is 10.7. The second kappa shape index (κ2) is 6.38. The zero-order valence-corrected chi connectivity index (χ0v) is 12.0. The molecule has 1 aromatic heterocycles. The molecule has 1 unspecified atom stereocenters. The van der Waals surface area contributed by atoms with Crippen molar-refractivity contribution in [3.63, 3.8) is 0 Å². The Balaban J connectivity index is 2.20. The predicted molar refractivity (Wildman–Crippen MR) is 71.6 cm³/mol. The summed E-state index contributed by atoms with van der Waals surface area (Å²) in [5, 5.41) is 17.8. The van der Waals surface area contributed by atoms with Gasteiger partial charge in [-0.25, -0.2) is 0 Å². The molecule has 1 N–H and O–H groups in total. The summed E-state index contributed by atoms with van der Waals surface area (Å²) < 4.78 is 7.53. The number of ether oxygens (including phenoxy) is 1. The number of hydrogen-bond donors (Lipinski definition) is 1. The molecule has 0 saturated carbocycles. The quantitative estimate of drug-likeness (QED) is 0.833. The highest BCUT2D eigenvalue weighted by atomic mass is 32.2. The van der Waals surface area contributed by atoms with Crippen molar-refractivity contribution in [3.05, 3.63) is 5.82 Å². The van der Waals surface area contributed by atoms with Crippen molar-refractivity contribution in [1.82, 2.24) is 14.8 Å². The van der Waals surface area contributed by atoms with Crippen LogP contribution in [0.2, 0.25) is 0 Å². The summed E-state index contributed by atoms with van der Waals surface area (Å²) >= 11 is 1.22. The first kappa shape index (κ1) is 14.3. The van der Waals surface area contributed by atoms with E-state index in [4.69, 9.17) is 9.84 Å². The molecule has 6 nitrogen and oxygen atoms in total. The second-order valence-corrected chi connectivity index (χ2v) is 5.84. The Hall–Kier alpha value is -1.08. The molecule has 0 spiro atoms. The minimum Gasteiger partial charge on any atom is -0.481 e. The van der Waals surface area contributed by atoms with E-state index < -0.39 is 5.97 Å². The van der Waals surface area contributed by atoms with Crippen LogP contribution in [-0.4, -0.2) is 44.8 Å². The standard InChI is InChI=1S/C12H19N3O3S/c1-8(2)15-11(9-4-3-5-18-6-9)13-14-12(15)19-7-10(16)17/h8-9H,3-7H2,1-2H3,(H,16,17). The number of carboxylic acid groups (broad SMARTS) is 1. The van der Waals surface area contributed by atoms with E-state index in [2.05, 4.69) is 24.0 Å². The molecule has 1 aliphatic rings. The number of thioether (sulfide) groups is 1. The zero-order chi connectivity index (χ0) is 13.8. The number of rotatable bonds is 5. The van der Waals surface area contributed by atoms with Crippen molar-refractivity contribution in [3.8, 4) is 0 Å². The maximum Gasteiger partial charge on any atom is 0.313 e. The van der Waals surface area contributed by atoms with Crippen LogP contribution in [0.5, 0.6) is 0 Å². The van der Waals surface area contributed by atoms with E-state index in [1.165, 1.54) is 11.8 Å². The lowest BCUT2D eigenvalue weighted by Gasteiger charge is -2.23. The van der Waals surface area contributed by atoms with Gasteiger partial charge in [-0.05, 0) is 26.7 Å². The van der Waals surface area contributed by atoms with Crippen LogP contribution in [-0.2, 0) is 9.53 Å². The van der Waals surface area contributed by atoms with E-state index in [0.29, 0.717) is 11.8 Å². The minimum absolute atomic E-state index is 0.00597. The monoisotopic (exact) mass is 285 g/mol. The molecule has 0 aromatic carbocycles. The van der Waals surface area contributed by atoms with Crippen LogP contribution in [0.4, 0.5) is 0 Å². The van der Waals surface area contributed by atoms with Crippen LogP contribution < -0.4 is 0 Å². The summed E-state index contributed by atoms with van der Waals surface area (Å²) in [6.45, 7) is 5.60. The Morgan fingerprint density at radius 1 is 1.58 bits per heavy atom. The average molecular weight is 285 g/mol. The van der Waals surface area contributed by atoms with Gasteiger partial charge < -0.3 is 14.4 Å². The van der Waals surface area contributed by atoms with Crippen molar-refractivity contribution in [2.24, 2.45) is 0 Å². The molecule has 1 saturated heterocycles. The molecule has 0 aliphatic carbocycles. The van der Waals surface area contributed by atoms with Crippen LogP contribution >= 0.6 is 11.8 Å². The van der Waals surface area contributed by atoms with E-state index in [1.54, 1.807) is 0 Å². The molecule has 7 heteroatoms. The lowest BCUT2D eigenvalue weighted by molar-refractivity contribution is -0.133. The molecule has 19 heavy (non-hydrogen) atoms. The normalized spacial score (nSPS) is 19.8. The Labute approximate surface area is 116 Å². The predicted octanol–water partition coefficient (Wildman–Crippen LogP) is 1.93. The van der Waals surface area contributed by atoms with Crippen LogP contribution in [0.25, 0.3) is 0 Å². The third-order valence-corrected chi connectivity index (χ3v) is 3.99. The lowest BCUT2D eigenvalue weighted by Crippen LogP contribution is -2.20. The van der Waals surface area contributed by atoms with Crippen molar-refractivity contribution in [2.45, 2.75) is 43.8 Å². The highest BCUT2D eigenvalue weighted by molar-refractivity contribution is 7.99. The van der Waals surface area contributed by atoms with Gasteiger partial charge in [-0.1, -0.05) is 11.8 Å². The summed E-state index contributed by atoms with van der Waals surface area (Å²) in [6, 6.07) is 0.211. The van der Waals surface area contributed by atoms with E-state index in [1.807, 2.05) is 4.57 Å². The first-order valence-corrected chi connectivity index (χ1v) is 7.45. The topological polar surface area (TPSA) is 77.2 Å². The first-order valence-electron chi connectivity index (χ1n) is 6.46. The van der Waals surface area contributed by atoms with Crippen molar-refractivity contribution >= 4 is 17.7 Å². The first-order chi connectivity index (χ1) is 9.09. The van der Waals surface area contributed by atoms with Gasteiger partial charge in [0.15, 0.2) is 5.16 Å². The van der Waals surface area contributed by atoms with E-state index in [9.17, 15) is 4.79 Å². The van der Waals surface area contributed by atoms with Crippen molar-refractivity contribution in [1.29, 1.82) is 0 Å². The van der Waals surface area contributed by atoms with Gasteiger partial charge >= 0.3 is 5.97 Å². The molecule has 2 rings (SSSR count). The SMILES string of the molecule is CC(C)n1c(SCC(=O)O)nnc1C1CCCOC1. The summed E-state index contributed by atoms with van der Waals surface area (Å²) in [5.41, 5.74) is 0. The van der Waals surface area contributed by atoms with Crippen LogP contribution in [0.15, 0.2) is 5.16 Å². The Morgan fingerprint density at radius 3 is 2.95 bits per heavy atom. The Kier molecular flexibility index (Phi) is 4.81. The second-order valence-electron chi connectivity index (χ2n) is 4.90. The molecule has 1 atom stereocenters. The lowest BCUT2D eigenvalue weighted by atomic mass is 10.0. The highest BCUT2D eigenvalue weighted by Gasteiger charge is 2.25. The molecular formula is C12H19N3O3S. The van der Waals surface area contributed by atoms with Crippen molar-refractivity contribution < 1.29 is 14.6 Å².